The first-order valence-corrected chi connectivity index (χ1v) is 5.90. The Labute approximate surface area is 106 Å². The number of benzene rings is 2. The summed E-state index contributed by atoms with van der Waals surface area (Å²) in [4.78, 5) is 0. The second kappa shape index (κ2) is 4.50. The van der Waals surface area contributed by atoms with Crippen molar-refractivity contribution in [3.05, 3.63) is 70.5 Å². The Kier molecular flexibility index (Phi) is 3.21. The molecular weight excluding hydrogens is 235 g/mol. The van der Waals surface area contributed by atoms with Crippen LogP contribution >= 0.6 is 11.6 Å². The van der Waals surface area contributed by atoms with Gasteiger partial charge >= 0.3 is 0 Å². The lowest BCUT2D eigenvalue weighted by molar-refractivity contribution is 0.614. The van der Waals surface area contributed by atoms with Crippen LogP contribution in [0, 0.1) is 5.82 Å². The molecule has 0 N–H and O–H groups in total. The minimum Gasteiger partial charge on any atom is -0.207 e. The largest absolute Gasteiger partial charge is 0.207 e. The summed E-state index contributed by atoms with van der Waals surface area (Å²) in [5.41, 5.74) is 2.09. The van der Waals surface area contributed by atoms with Crippen molar-refractivity contribution >= 4 is 11.6 Å². The molecule has 2 heteroatoms. The van der Waals surface area contributed by atoms with E-state index in [9.17, 15) is 4.39 Å². The van der Waals surface area contributed by atoms with Gasteiger partial charge in [-0.05, 0) is 35.4 Å². The predicted octanol–water partition coefficient (Wildman–Crippen LogP) is 4.81. The highest BCUT2D eigenvalue weighted by Crippen LogP contribution is 2.31. The maximum atomic E-state index is 12.9. The lowest BCUT2D eigenvalue weighted by Crippen LogP contribution is -2.18. The Morgan fingerprint density at radius 1 is 0.824 bits per heavy atom. The van der Waals surface area contributed by atoms with E-state index in [4.69, 9.17) is 11.6 Å². The lowest BCUT2D eigenvalue weighted by atomic mass is 9.78. The van der Waals surface area contributed by atoms with E-state index < -0.39 is 0 Å². The summed E-state index contributed by atoms with van der Waals surface area (Å²) in [6, 6.07) is 14.4. The molecular formula is C15H14ClF. The molecule has 0 nitrogen and oxygen atoms in total. The van der Waals surface area contributed by atoms with Gasteiger partial charge in [0.05, 0.1) is 0 Å². The van der Waals surface area contributed by atoms with Crippen LogP contribution in [0.1, 0.15) is 25.0 Å². The van der Waals surface area contributed by atoms with Crippen molar-refractivity contribution < 1.29 is 4.39 Å². The van der Waals surface area contributed by atoms with Crippen LogP contribution in [0.4, 0.5) is 4.39 Å². The highest BCUT2D eigenvalue weighted by Gasteiger charge is 2.22. The van der Waals surface area contributed by atoms with Gasteiger partial charge in [0.2, 0.25) is 0 Å². The molecule has 0 unspecified atom stereocenters. The fraction of sp³-hybridized carbons (Fsp3) is 0.200. The minimum atomic E-state index is -0.208. The first-order chi connectivity index (χ1) is 8.00. The van der Waals surface area contributed by atoms with Crippen LogP contribution in [-0.2, 0) is 5.41 Å². The van der Waals surface area contributed by atoms with Gasteiger partial charge in [0.15, 0.2) is 0 Å². The van der Waals surface area contributed by atoms with Crippen LogP contribution in [0.2, 0.25) is 5.02 Å². The number of hydrogen-bond donors (Lipinski definition) is 0. The molecule has 17 heavy (non-hydrogen) atoms. The Morgan fingerprint density at radius 2 is 1.24 bits per heavy atom. The summed E-state index contributed by atoms with van der Waals surface area (Å²) >= 11 is 5.88. The first-order valence-electron chi connectivity index (χ1n) is 5.52. The van der Waals surface area contributed by atoms with Gasteiger partial charge < -0.3 is 0 Å². The first kappa shape index (κ1) is 12.1. The monoisotopic (exact) mass is 248 g/mol. The molecule has 88 valence electrons. The topological polar surface area (TPSA) is 0 Å². The van der Waals surface area contributed by atoms with Crippen molar-refractivity contribution in [3.63, 3.8) is 0 Å². The summed E-state index contributed by atoms with van der Waals surface area (Å²) < 4.78 is 12.9. The fourth-order valence-electron chi connectivity index (χ4n) is 1.90. The Morgan fingerprint density at radius 3 is 1.71 bits per heavy atom. The molecule has 0 heterocycles. The molecule has 0 amide bonds. The third-order valence-electron chi connectivity index (χ3n) is 3.13. The molecule has 0 aromatic heterocycles. The number of halogens is 2. The van der Waals surface area contributed by atoms with Crippen LogP contribution in [0.3, 0.4) is 0 Å². The minimum absolute atomic E-state index is 0.154. The molecule has 0 aliphatic rings. The molecule has 0 aliphatic carbocycles. The summed E-state index contributed by atoms with van der Waals surface area (Å²) in [5.74, 6) is -0.208. The van der Waals surface area contributed by atoms with Crippen molar-refractivity contribution in [1.82, 2.24) is 0 Å². The van der Waals surface area contributed by atoms with E-state index in [-0.39, 0.29) is 11.2 Å². The van der Waals surface area contributed by atoms with E-state index >= 15 is 0 Å². The van der Waals surface area contributed by atoms with Gasteiger partial charge in [0.25, 0.3) is 0 Å². The van der Waals surface area contributed by atoms with Gasteiger partial charge in [-0.3, -0.25) is 0 Å². The van der Waals surface area contributed by atoms with Crippen molar-refractivity contribution in [2.45, 2.75) is 19.3 Å². The van der Waals surface area contributed by atoms with Gasteiger partial charge in [-0.1, -0.05) is 49.7 Å². The summed E-state index contributed by atoms with van der Waals surface area (Å²) in [7, 11) is 0. The van der Waals surface area contributed by atoms with E-state index in [0.29, 0.717) is 0 Å². The van der Waals surface area contributed by atoms with Crippen molar-refractivity contribution in [2.24, 2.45) is 0 Å². The Bertz CT molecular complexity index is 450. The molecule has 0 bridgehead atoms. The maximum Gasteiger partial charge on any atom is 0.123 e. The number of rotatable bonds is 2. The molecule has 0 aliphatic heterocycles. The molecule has 2 aromatic carbocycles. The highest BCUT2D eigenvalue weighted by molar-refractivity contribution is 6.30. The van der Waals surface area contributed by atoms with Crippen molar-refractivity contribution in [1.29, 1.82) is 0 Å². The van der Waals surface area contributed by atoms with Gasteiger partial charge in [0, 0.05) is 10.4 Å². The standard InChI is InChI=1S/C15H14ClF/c1-15(2,11-3-7-13(16)8-4-11)12-5-9-14(17)10-6-12/h3-10H,1-2H3. The molecule has 2 aromatic rings. The number of hydrogen-bond acceptors (Lipinski definition) is 0. The van der Waals surface area contributed by atoms with E-state index in [1.165, 1.54) is 12.1 Å². The molecule has 0 saturated carbocycles. The summed E-state index contributed by atoms with van der Waals surface area (Å²) in [6.07, 6.45) is 0. The second-order valence-corrected chi connectivity index (χ2v) is 5.08. The second-order valence-electron chi connectivity index (χ2n) is 4.64. The van der Waals surface area contributed by atoms with E-state index in [0.717, 1.165) is 16.1 Å². The third kappa shape index (κ3) is 2.50. The van der Waals surface area contributed by atoms with Gasteiger partial charge in [0.1, 0.15) is 5.82 Å². The third-order valence-corrected chi connectivity index (χ3v) is 3.38. The van der Waals surface area contributed by atoms with E-state index in [1.54, 1.807) is 0 Å². The van der Waals surface area contributed by atoms with E-state index in [1.807, 2.05) is 36.4 Å². The maximum absolute atomic E-state index is 12.9. The van der Waals surface area contributed by atoms with Crippen LogP contribution in [-0.4, -0.2) is 0 Å². The molecule has 0 saturated heterocycles. The quantitative estimate of drug-likeness (QED) is 0.716. The van der Waals surface area contributed by atoms with Gasteiger partial charge in [-0.25, -0.2) is 4.39 Å². The zero-order valence-corrected chi connectivity index (χ0v) is 10.6. The molecule has 0 radical (unpaired) electrons. The smallest absolute Gasteiger partial charge is 0.123 e. The highest BCUT2D eigenvalue weighted by atomic mass is 35.5. The zero-order chi connectivity index (χ0) is 12.5. The van der Waals surface area contributed by atoms with Crippen LogP contribution in [0.25, 0.3) is 0 Å². The fourth-order valence-corrected chi connectivity index (χ4v) is 2.03. The summed E-state index contributed by atoms with van der Waals surface area (Å²) in [6.45, 7) is 4.23. The normalized spacial score (nSPS) is 11.5. The molecule has 0 spiro atoms. The summed E-state index contributed by atoms with van der Waals surface area (Å²) in [5, 5.41) is 0.726. The molecule has 2 rings (SSSR count). The molecule has 0 fully saturated rings. The average molecular weight is 249 g/mol. The predicted molar refractivity (Wildman–Crippen MR) is 70.0 cm³/mol. The van der Waals surface area contributed by atoms with Crippen LogP contribution in [0.15, 0.2) is 48.5 Å². The Balaban J connectivity index is 2.41. The van der Waals surface area contributed by atoms with Crippen LogP contribution < -0.4 is 0 Å². The van der Waals surface area contributed by atoms with Crippen molar-refractivity contribution in [2.75, 3.05) is 0 Å². The SMILES string of the molecule is CC(C)(c1ccc(F)cc1)c1ccc(Cl)cc1. The van der Waals surface area contributed by atoms with E-state index in [2.05, 4.69) is 13.8 Å². The zero-order valence-electron chi connectivity index (χ0n) is 9.87. The van der Waals surface area contributed by atoms with Gasteiger partial charge in [-0.15, -0.1) is 0 Å². The Hall–Kier alpha value is -1.34. The molecule has 0 atom stereocenters. The lowest BCUT2D eigenvalue weighted by Gasteiger charge is -2.26. The average Bonchev–Trinajstić information content (AvgIpc) is 2.30. The van der Waals surface area contributed by atoms with Crippen LogP contribution in [0.5, 0.6) is 0 Å². The van der Waals surface area contributed by atoms with Crippen molar-refractivity contribution in [3.8, 4) is 0 Å². The van der Waals surface area contributed by atoms with Gasteiger partial charge in [-0.2, -0.15) is 0 Å².